The van der Waals surface area contributed by atoms with Gasteiger partial charge in [-0.15, -0.1) is 0 Å². The minimum atomic E-state index is -6.25. The van der Waals surface area contributed by atoms with E-state index >= 15 is 0 Å². The summed E-state index contributed by atoms with van der Waals surface area (Å²) in [5.74, 6) is -3.36. The van der Waals surface area contributed by atoms with Crippen LogP contribution in [0.25, 0.3) is 6.08 Å². The van der Waals surface area contributed by atoms with Gasteiger partial charge in [0, 0.05) is 5.57 Å². The minimum absolute atomic E-state index is 0.0979. The Morgan fingerprint density at radius 2 is 1.58 bits per heavy atom. The van der Waals surface area contributed by atoms with Gasteiger partial charge in [0.1, 0.15) is 55.6 Å². The summed E-state index contributed by atoms with van der Waals surface area (Å²) >= 11 is 0. The highest BCUT2D eigenvalue weighted by Gasteiger charge is 2.54. The number of Topliss-reactive ketones (excluding diaryl/α,β-unsaturated/α-hetero) is 1. The number of rotatable bonds is 8. The molecule has 1 aliphatic carbocycles. The third-order valence-electron chi connectivity index (χ3n) is 6.96. The van der Waals surface area contributed by atoms with E-state index in [-0.39, 0.29) is 17.9 Å². The van der Waals surface area contributed by atoms with Crippen molar-refractivity contribution in [3.05, 3.63) is 29.3 Å². The van der Waals surface area contributed by atoms with Gasteiger partial charge in [0.25, 0.3) is 0 Å². The Morgan fingerprint density at radius 3 is 2.16 bits per heavy atom. The maximum absolute atomic E-state index is 13.1. The Labute approximate surface area is 241 Å². The van der Waals surface area contributed by atoms with E-state index in [0.717, 1.165) is 31.2 Å². The third-order valence-corrected chi connectivity index (χ3v) is 7.92. The lowest BCUT2D eigenvalue weighted by molar-refractivity contribution is -0.155. The van der Waals surface area contributed by atoms with Gasteiger partial charge in [0.05, 0.1) is 6.04 Å². The standard InChI is InChI=1S/C24H28F3NO14S/c1-8(22(35)28-13-14(30)16(32)21-20(15(13)31)38-7-39-21)5-10-3-4-11(12(6-10)42-43(36,37)24(25,26)27)40-23-18(34)17(33)19(41-23)9(2)29/h3-6,13-21,23,30-34H,7H2,1-2H3,(H,28,35)/t13?,14-,15+,16+,17-,18-,19+,20-,21+,23+/m0/s1. The van der Waals surface area contributed by atoms with Gasteiger partial charge in [-0.1, -0.05) is 6.07 Å². The van der Waals surface area contributed by atoms with E-state index in [2.05, 4.69) is 9.50 Å². The molecule has 19 heteroatoms. The van der Waals surface area contributed by atoms with Crippen molar-refractivity contribution in [2.75, 3.05) is 6.79 Å². The molecule has 1 amide bonds. The average molecular weight is 644 g/mol. The number of alkyl halides is 3. The first-order valence-corrected chi connectivity index (χ1v) is 13.9. The predicted octanol–water partition coefficient (Wildman–Crippen LogP) is -1.94. The molecule has 15 nitrogen and oxygen atoms in total. The summed E-state index contributed by atoms with van der Waals surface area (Å²) in [5, 5.41) is 53.7. The molecule has 2 heterocycles. The second-order valence-electron chi connectivity index (χ2n) is 10.0. The van der Waals surface area contributed by atoms with Crippen LogP contribution in [0.15, 0.2) is 23.8 Å². The fourth-order valence-electron chi connectivity index (χ4n) is 4.68. The molecule has 1 aromatic carbocycles. The molecule has 0 spiro atoms. The molecule has 2 saturated heterocycles. The van der Waals surface area contributed by atoms with Crippen molar-refractivity contribution in [2.45, 2.75) is 80.5 Å². The average Bonchev–Trinajstić information content (AvgIpc) is 3.51. The number of ketones is 1. The molecular formula is C24H28F3NO14S. The Hall–Kier alpha value is -2.88. The summed E-state index contributed by atoms with van der Waals surface area (Å²) in [6.07, 6.45) is -12.6. The van der Waals surface area contributed by atoms with E-state index in [0.29, 0.717) is 0 Å². The van der Waals surface area contributed by atoms with Gasteiger partial charge in [-0.2, -0.15) is 21.6 Å². The normalized spacial score (nSPS) is 34.9. The smallest absolute Gasteiger partial charge is 0.458 e. The zero-order valence-electron chi connectivity index (χ0n) is 22.2. The number of carbonyl (C=O) groups is 2. The number of fused-ring (bicyclic) bond motifs is 1. The fourth-order valence-corrected chi connectivity index (χ4v) is 5.14. The Morgan fingerprint density at radius 1 is 0.953 bits per heavy atom. The van der Waals surface area contributed by atoms with Crippen molar-refractivity contribution in [1.29, 1.82) is 0 Å². The second kappa shape index (κ2) is 12.3. The Balaban J connectivity index is 1.58. The lowest BCUT2D eigenvalue weighted by atomic mass is 9.83. The molecule has 3 aliphatic rings. The quantitative estimate of drug-likeness (QED) is 0.103. The van der Waals surface area contributed by atoms with Crippen molar-refractivity contribution in [3.8, 4) is 11.5 Å². The van der Waals surface area contributed by atoms with Gasteiger partial charge < -0.3 is 54.0 Å². The summed E-state index contributed by atoms with van der Waals surface area (Å²) < 4.78 is 87.7. The molecule has 10 atom stereocenters. The van der Waals surface area contributed by atoms with E-state index in [4.69, 9.17) is 18.9 Å². The summed E-state index contributed by atoms with van der Waals surface area (Å²) in [4.78, 5) is 24.5. The number of aliphatic hydroxyl groups excluding tert-OH is 5. The van der Waals surface area contributed by atoms with Gasteiger partial charge in [-0.05, 0) is 37.6 Å². The van der Waals surface area contributed by atoms with Crippen LogP contribution >= 0.6 is 0 Å². The van der Waals surface area contributed by atoms with Crippen molar-refractivity contribution >= 4 is 27.9 Å². The third kappa shape index (κ3) is 6.64. The molecular weight excluding hydrogens is 615 g/mol. The number of nitrogens with one attached hydrogen (secondary N) is 1. The number of benzene rings is 1. The van der Waals surface area contributed by atoms with Crippen molar-refractivity contribution < 1.29 is 79.8 Å². The first-order chi connectivity index (χ1) is 19.9. The Bertz CT molecular complexity index is 1370. The molecule has 3 fully saturated rings. The van der Waals surface area contributed by atoms with Crippen LogP contribution in [0, 0.1) is 0 Å². The molecule has 0 bridgehead atoms. The lowest BCUT2D eigenvalue weighted by Gasteiger charge is -2.41. The topological polar surface area (TPSA) is 228 Å². The van der Waals surface area contributed by atoms with Gasteiger partial charge >= 0.3 is 15.6 Å². The maximum Gasteiger partial charge on any atom is 0.534 e. The van der Waals surface area contributed by atoms with Gasteiger partial charge in [-0.3, -0.25) is 9.59 Å². The highest BCUT2D eigenvalue weighted by Crippen LogP contribution is 2.37. The number of amides is 1. The number of hydrogen-bond acceptors (Lipinski definition) is 14. The van der Waals surface area contributed by atoms with Crippen LogP contribution in [0.3, 0.4) is 0 Å². The summed E-state index contributed by atoms with van der Waals surface area (Å²) in [6.45, 7) is 2.03. The molecule has 4 rings (SSSR count). The molecule has 1 unspecified atom stereocenters. The highest BCUT2D eigenvalue weighted by molar-refractivity contribution is 7.88. The number of ether oxygens (including phenoxy) is 4. The van der Waals surface area contributed by atoms with E-state index in [9.17, 15) is 56.7 Å². The first kappa shape index (κ1) is 33.0. The van der Waals surface area contributed by atoms with Crippen LogP contribution in [-0.2, 0) is 33.9 Å². The van der Waals surface area contributed by atoms with Crippen LogP contribution in [0.4, 0.5) is 13.2 Å². The van der Waals surface area contributed by atoms with Crippen LogP contribution in [-0.4, -0.2) is 119 Å². The van der Waals surface area contributed by atoms with Gasteiger partial charge in [0.15, 0.2) is 17.3 Å². The van der Waals surface area contributed by atoms with Gasteiger partial charge in [0.2, 0.25) is 12.2 Å². The summed E-state index contributed by atoms with van der Waals surface area (Å²) in [7, 11) is -6.25. The zero-order chi connectivity index (χ0) is 32.0. The van der Waals surface area contributed by atoms with Gasteiger partial charge in [-0.25, -0.2) is 0 Å². The SMILES string of the molecule is CC(=O)[C@H]1O[C@@H](Oc2ccc(C=C(C)C(=O)NC3[C@@H](O)[C@@H]4OCO[C@@H]4[C@H](O)[C@H]3O)cc2OS(=O)(=O)C(F)(F)F)[C@@H](O)[C@@H]1O. The van der Waals surface area contributed by atoms with E-state index in [1.807, 2.05) is 0 Å². The predicted molar refractivity (Wildman–Crippen MR) is 132 cm³/mol. The maximum atomic E-state index is 13.1. The highest BCUT2D eigenvalue weighted by atomic mass is 32.2. The van der Waals surface area contributed by atoms with Crippen LogP contribution in [0.2, 0.25) is 0 Å². The van der Waals surface area contributed by atoms with Crippen molar-refractivity contribution in [3.63, 3.8) is 0 Å². The first-order valence-electron chi connectivity index (χ1n) is 12.5. The fraction of sp³-hybridized carbons (Fsp3) is 0.583. The van der Waals surface area contributed by atoms with Crippen LogP contribution in [0.1, 0.15) is 19.4 Å². The lowest BCUT2D eigenvalue weighted by Crippen LogP contribution is -2.67. The number of carbonyl (C=O) groups excluding carboxylic acids is 2. The number of hydrogen-bond donors (Lipinski definition) is 6. The Kier molecular flexibility index (Phi) is 9.41. The molecule has 240 valence electrons. The monoisotopic (exact) mass is 643 g/mol. The van der Waals surface area contributed by atoms with Crippen LogP contribution < -0.4 is 14.2 Å². The van der Waals surface area contributed by atoms with E-state index in [1.54, 1.807) is 0 Å². The van der Waals surface area contributed by atoms with E-state index in [1.165, 1.54) is 6.92 Å². The number of aliphatic hydroxyl groups is 5. The molecule has 2 aliphatic heterocycles. The number of halogens is 3. The minimum Gasteiger partial charge on any atom is -0.458 e. The molecule has 1 aromatic rings. The second-order valence-corrected chi connectivity index (χ2v) is 11.5. The molecule has 6 N–H and O–H groups in total. The molecule has 43 heavy (non-hydrogen) atoms. The molecule has 1 saturated carbocycles. The summed E-state index contributed by atoms with van der Waals surface area (Å²) in [5.41, 5.74) is -6.11. The molecule has 0 aromatic heterocycles. The largest absolute Gasteiger partial charge is 0.534 e. The van der Waals surface area contributed by atoms with Crippen molar-refractivity contribution in [2.24, 2.45) is 0 Å². The van der Waals surface area contributed by atoms with Crippen LogP contribution in [0.5, 0.6) is 11.5 Å². The zero-order valence-corrected chi connectivity index (χ0v) is 23.1. The van der Waals surface area contributed by atoms with Crippen molar-refractivity contribution in [1.82, 2.24) is 5.32 Å². The summed E-state index contributed by atoms with van der Waals surface area (Å²) in [6, 6.07) is 1.41. The molecule has 0 radical (unpaired) electrons. The van der Waals surface area contributed by atoms with E-state index < -0.39 is 100.0 Å².